The zero-order valence-corrected chi connectivity index (χ0v) is 9.24. The van der Waals surface area contributed by atoms with Crippen molar-refractivity contribution >= 4 is 0 Å². The van der Waals surface area contributed by atoms with Gasteiger partial charge >= 0.3 is 0 Å². The molecule has 3 N–H and O–H groups in total. The van der Waals surface area contributed by atoms with E-state index in [1.165, 1.54) is 31.2 Å². The van der Waals surface area contributed by atoms with Crippen LogP contribution in [0.5, 0.6) is 0 Å². The van der Waals surface area contributed by atoms with Crippen LogP contribution >= 0.6 is 0 Å². The van der Waals surface area contributed by atoms with Crippen LogP contribution in [0.2, 0.25) is 0 Å². The van der Waals surface area contributed by atoms with Gasteiger partial charge in [0, 0.05) is 6.20 Å². The highest BCUT2D eigenvalue weighted by molar-refractivity contribution is 5.18. The second kappa shape index (κ2) is 4.73. The largest absolute Gasteiger partial charge is 0.271 e. The van der Waals surface area contributed by atoms with E-state index in [0.29, 0.717) is 5.92 Å². The highest BCUT2D eigenvalue weighted by atomic mass is 15.2. The lowest BCUT2D eigenvalue weighted by Crippen LogP contribution is -2.33. The number of hydrogen-bond acceptors (Lipinski definition) is 3. The van der Waals surface area contributed by atoms with E-state index >= 15 is 0 Å². The molecule has 1 saturated carbocycles. The summed E-state index contributed by atoms with van der Waals surface area (Å²) < 4.78 is 0. The van der Waals surface area contributed by atoms with Gasteiger partial charge < -0.3 is 0 Å². The van der Waals surface area contributed by atoms with Crippen LogP contribution in [-0.2, 0) is 0 Å². The van der Waals surface area contributed by atoms with Crippen molar-refractivity contribution in [3.8, 4) is 0 Å². The van der Waals surface area contributed by atoms with Crippen molar-refractivity contribution in [3.05, 3.63) is 29.6 Å². The zero-order chi connectivity index (χ0) is 10.7. The van der Waals surface area contributed by atoms with Crippen molar-refractivity contribution in [3.63, 3.8) is 0 Å². The summed E-state index contributed by atoms with van der Waals surface area (Å²) in [6, 6.07) is 4.38. The summed E-state index contributed by atoms with van der Waals surface area (Å²) >= 11 is 0. The van der Waals surface area contributed by atoms with E-state index < -0.39 is 0 Å². The average molecular weight is 205 g/mol. The maximum atomic E-state index is 5.64. The minimum absolute atomic E-state index is 0.229. The first-order valence-corrected chi connectivity index (χ1v) is 5.70. The number of rotatable bonds is 3. The fourth-order valence-corrected chi connectivity index (χ4v) is 2.48. The highest BCUT2D eigenvalue weighted by Gasteiger charge is 2.26. The normalized spacial score (nSPS) is 19.3. The van der Waals surface area contributed by atoms with E-state index in [1.807, 2.05) is 12.3 Å². The van der Waals surface area contributed by atoms with Crippen molar-refractivity contribution in [2.24, 2.45) is 11.8 Å². The summed E-state index contributed by atoms with van der Waals surface area (Å²) in [4.78, 5) is 4.41. The van der Waals surface area contributed by atoms with Gasteiger partial charge in [-0.3, -0.25) is 16.3 Å². The third-order valence-electron chi connectivity index (χ3n) is 3.31. The number of nitrogens with one attached hydrogen (secondary N) is 1. The Hall–Kier alpha value is -0.930. The van der Waals surface area contributed by atoms with Gasteiger partial charge in [0.1, 0.15) is 0 Å². The van der Waals surface area contributed by atoms with Gasteiger partial charge in [-0.15, -0.1) is 0 Å². The predicted molar refractivity (Wildman–Crippen MR) is 61.0 cm³/mol. The van der Waals surface area contributed by atoms with Gasteiger partial charge in [0.2, 0.25) is 0 Å². The third-order valence-corrected chi connectivity index (χ3v) is 3.31. The molecular formula is C12H19N3. The molecule has 2 rings (SSSR count). The van der Waals surface area contributed by atoms with Gasteiger partial charge in [0.15, 0.2) is 0 Å². The van der Waals surface area contributed by atoms with E-state index in [9.17, 15) is 0 Å². The van der Waals surface area contributed by atoms with Gasteiger partial charge in [0.05, 0.1) is 11.7 Å². The molecule has 1 aliphatic rings. The van der Waals surface area contributed by atoms with Crippen LogP contribution in [0.15, 0.2) is 18.3 Å². The van der Waals surface area contributed by atoms with Gasteiger partial charge in [-0.2, -0.15) is 0 Å². The predicted octanol–water partition coefficient (Wildman–Crippen LogP) is 2.08. The SMILES string of the molecule is Cc1ccnc(C(NN)C2CCCC2)c1. The minimum atomic E-state index is 0.229. The molecule has 0 bridgehead atoms. The van der Waals surface area contributed by atoms with Crippen LogP contribution in [0.4, 0.5) is 0 Å². The summed E-state index contributed by atoms with van der Waals surface area (Å²) in [5.41, 5.74) is 5.26. The molecule has 82 valence electrons. The molecule has 1 atom stereocenters. The van der Waals surface area contributed by atoms with Crippen LogP contribution < -0.4 is 11.3 Å². The topological polar surface area (TPSA) is 50.9 Å². The molecule has 0 amide bonds. The first-order chi connectivity index (χ1) is 7.31. The van der Waals surface area contributed by atoms with E-state index in [1.54, 1.807) is 0 Å². The second-order valence-corrected chi connectivity index (χ2v) is 4.45. The van der Waals surface area contributed by atoms with Crippen molar-refractivity contribution in [1.29, 1.82) is 0 Å². The van der Waals surface area contributed by atoms with Crippen molar-refractivity contribution < 1.29 is 0 Å². The number of aromatic nitrogens is 1. The van der Waals surface area contributed by atoms with Crippen molar-refractivity contribution in [1.82, 2.24) is 10.4 Å². The second-order valence-electron chi connectivity index (χ2n) is 4.45. The smallest absolute Gasteiger partial charge is 0.0660 e. The molecule has 1 unspecified atom stereocenters. The Balaban J connectivity index is 2.18. The minimum Gasteiger partial charge on any atom is -0.271 e. The monoisotopic (exact) mass is 205 g/mol. The number of nitrogens with zero attached hydrogens (tertiary/aromatic N) is 1. The summed E-state index contributed by atoms with van der Waals surface area (Å²) in [7, 11) is 0. The number of aryl methyl sites for hydroxylation is 1. The Kier molecular flexibility index (Phi) is 3.34. The number of hydrazine groups is 1. The Morgan fingerprint density at radius 3 is 2.80 bits per heavy atom. The third kappa shape index (κ3) is 2.36. The van der Waals surface area contributed by atoms with Gasteiger partial charge in [0.25, 0.3) is 0 Å². The molecule has 1 aliphatic carbocycles. The molecule has 1 aromatic heterocycles. The molecule has 15 heavy (non-hydrogen) atoms. The van der Waals surface area contributed by atoms with E-state index in [0.717, 1.165) is 5.69 Å². The Morgan fingerprint density at radius 1 is 1.47 bits per heavy atom. The lowest BCUT2D eigenvalue weighted by Gasteiger charge is -2.22. The number of hydrogen-bond donors (Lipinski definition) is 2. The first kappa shape index (κ1) is 10.6. The quantitative estimate of drug-likeness (QED) is 0.587. The Morgan fingerprint density at radius 2 is 2.20 bits per heavy atom. The lowest BCUT2D eigenvalue weighted by molar-refractivity contribution is 0.366. The van der Waals surface area contributed by atoms with E-state index in [-0.39, 0.29) is 6.04 Å². The zero-order valence-electron chi connectivity index (χ0n) is 9.24. The summed E-state index contributed by atoms with van der Waals surface area (Å²) in [6.45, 7) is 2.09. The Bertz CT molecular complexity index is 318. The fourth-order valence-electron chi connectivity index (χ4n) is 2.48. The molecular weight excluding hydrogens is 186 g/mol. The summed E-state index contributed by atoms with van der Waals surface area (Å²) in [5, 5.41) is 0. The molecule has 3 heteroatoms. The molecule has 1 aromatic rings. The van der Waals surface area contributed by atoms with Gasteiger partial charge in [-0.05, 0) is 43.4 Å². The lowest BCUT2D eigenvalue weighted by atomic mass is 9.95. The van der Waals surface area contributed by atoms with Crippen molar-refractivity contribution in [2.75, 3.05) is 0 Å². The maximum absolute atomic E-state index is 5.64. The molecule has 0 saturated heterocycles. The molecule has 0 aliphatic heterocycles. The van der Waals surface area contributed by atoms with Crippen LogP contribution in [-0.4, -0.2) is 4.98 Å². The summed E-state index contributed by atoms with van der Waals surface area (Å²) in [6.07, 6.45) is 7.06. The molecule has 0 radical (unpaired) electrons. The molecule has 0 aromatic carbocycles. The average Bonchev–Trinajstić information content (AvgIpc) is 2.72. The molecule has 0 spiro atoms. The molecule has 1 heterocycles. The van der Waals surface area contributed by atoms with Crippen molar-refractivity contribution in [2.45, 2.75) is 38.6 Å². The Labute approximate surface area is 91.1 Å². The number of nitrogens with two attached hydrogens (primary N) is 1. The summed E-state index contributed by atoms with van der Waals surface area (Å²) in [5.74, 6) is 6.30. The van der Waals surface area contributed by atoms with Gasteiger partial charge in [-0.25, -0.2) is 0 Å². The maximum Gasteiger partial charge on any atom is 0.0660 e. The van der Waals surface area contributed by atoms with Crippen LogP contribution in [0.25, 0.3) is 0 Å². The van der Waals surface area contributed by atoms with Crippen LogP contribution in [0.1, 0.15) is 43.0 Å². The van der Waals surface area contributed by atoms with E-state index in [2.05, 4.69) is 23.4 Å². The number of pyridine rings is 1. The molecule has 3 nitrogen and oxygen atoms in total. The fraction of sp³-hybridized carbons (Fsp3) is 0.583. The van der Waals surface area contributed by atoms with E-state index in [4.69, 9.17) is 5.84 Å². The van der Waals surface area contributed by atoms with Crippen LogP contribution in [0.3, 0.4) is 0 Å². The van der Waals surface area contributed by atoms with Gasteiger partial charge in [-0.1, -0.05) is 12.8 Å². The standard InChI is InChI=1S/C12H19N3/c1-9-6-7-14-11(8-9)12(15-13)10-4-2-3-5-10/h6-8,10,12,15H,2-5,13H2,1H3. The molecule has 1 fully saturated rings. The first-order valence-electron chi connectivity index (χ1n) is 5.70. The highest BCUT2D eigenvalue weighted by Crippen LogP contribution is 2.34. The van der Waals surface area contributed by atoms with Crippen LogP contribution in [0, 0.1) is 12.8 Å².